The molecule has 0 heterocycles. The molecule has 0 bridgehead atoms. The normalized spacial score (nSPS) is 27.8. The summed E-state index contributed by atoms with van der Waals surface area (Å²) in [7, 11) is 0. The van der Waals surface area contributed by atoms with Crippen molar-refractivity contribution in [1.82, 2.24) is 4.90 Å². The molecule has 2 rings (SSSR count). The van der Waals surface area contributed by atoms with Crippen molar-refractivity contribution in [1.29, 1.82) is 0 Å². The number of hydrogen-bond donors (Lipinski definition) is 0. The Balaban J connectivity index is 1.92. The van der Waals surface area contributed by atoms with Crippen LogP contribution < -0.4 is 0 Å². The molecule has 0 aromatic rings. The topological polar surface area (TPSA) is 20.3 Å². The van der Waals surface area contributed by atoms with Gasteiger partial charge in [-0.15, -0.1) is 0 Å². The summed E-state index contributed by atoms with van der Waals surface area (Å²) < 4.78 is 0. The zero-order valence-corrected chi connectivity index (χ0v) is 15.6. The van der Waals surface area contributed by atoms with Gasteiger partial charge in [0.2, 0.25) is 5.91 Å². The molecule has 0 N–H and O–H groups in total. The van der Waals surface area contributed by atoms with Crippen molar-refractivity contribution in [3.05, 3.63) is 0 Å². The fourth-order valence-corrected chi connectivity index (χ4v) is 4.60. The lowest BCUT2D eigenvalue weighted by atomic mass is 9.69. The Bertz CT molecular complexity index is 336. The van der Waals surface area contributed by atoms with Gasteiger partial charge in [-0.1, -0.05) is 49.5 Å². The molecule has 0 spiro atoms. The number of nitrogens with zero attached hydrogens (tertiary/aromatic N) is 1. The summed E-state index contributed by atoms with van der Waals surface area (Å²) >= 11 is 3.53. The molecule has 0 aliphatic heterocycles. The fraction of sp³-hybridized carbons (Fsp3) is 0.944. The number of rotatable bonds is 4. The molecule has 0 aromatic heterocycles. The molecule has 0 unspecified atom stereocenters. The molecule has 2 aliphatic carbocycles. The van der Waals surface area contributed by atoms with Crippen LogP contribution in [0.2, 0.25) is 0 Å². The largest absolute Gasteiger partial charge is 0.339 e. The predicted octanol–water partition coefficient (Wildman–Crippen LogP) is 5.01. The van der Waals surface area contributed by atoms with Crippen LogP contribution in [0.25, 0.3) is 0 Å². The van der Waals surface area contributed by atoms with Gasteiger partial charge in [-0.3, -0.25) is 4.79 Å². The summed E-state index contributed by atoms with van der Waals surface area (Å²) in [6, 6.07) is 0.524. The summed E-state index contributed by atoms with van der Waals surface area (Å²) in [6.07, 6.45) is 9.70. The highest BCUT2D eigenvalue weighted by molar-refractivity contribution is 9.09. The van der Waals surface area contributed by atoms with E-state index in [1.165, 1.54) is 38.5 Å². The van der Waals surface area contributed by atoms with E-state index in [1.807, 2.05) is 0 Å². The van der Waals surface area contributed by atoms with E-state index in [4.69, 9.17) is 0 Å². The van der Waals surface area contributed by atoms with Crippen molar-refractivity contribution in [3.63, 3.8) is 0 Å². The van der Waals surface area contributed by atoms with Crippen LogP contribution in [0.15, 0.2) is 0 Å². The summed E-state index contributed by atoms with van der Waals surface area (Å²) in [5, 5.41) is 0.909. The van der Waals surface area contributed by atoms with Gasteiger partial charge in [0.05, 0.1) is 0 Å². The number of hydrogen-bond acceptors (Lipinski definition) is 1. The monoisotopic (exact) mass is 357 g/mol. The van der Waals surface area contributed by atoms with Crippen LogP contribution in [0.5, 0.6) is 0 Å². The fourth-order valence-electron chi connectivity index (χ4n) is 4.22. The lowest BCUT2D eigenvalue weighted by molar-refractivity contribution is -0.139. The van der Waals surface area contributed by atoms with Crippen molar-refractivity contribution in [2.75, 3.05) is 11.9 Å². The molecule has 2 fully saturated rings. The van der Waals surface area contributed by atoms with Crippen LogP contribution in [-0.4, -0.2) is 28.7 Å². The number of amides is 1. The van der Waals surface area contributed by atoms with Gasteiger partial charge in [-0.05, 0) is 49.9 Å². The third kappa shape index (κ3) is 4.46. The van der Waals surface area contributed by atoms with Crippen LogP contribution in [0.3, 0.4) is 0 Å². The van der Waals surface area contributed by atoms with E-state index >= 15 is 0 Å². The number of carbonyl (C=O) groups is 1. The Morgan fingerprint density at radius 2 is 1.62 bits per heavy atom. The first-order valence-electron chi connectivity index (χ1n) is 8.80. The molecule has 1 amide bonds. The maximum atomic E-state index is 12.9. The van der Waals surface area contributed by atoms with E-state index < -0.39 is 0 Å². The molecule has 2 saturated carbocycles. The van der Waals surface area contributed by atoms with Crippen molar-refractivity contribution < 1.29 is 4.79 Å². The SMILES string of the molecule is CC(C)(C)C1CCC(C(=O)N(CCBr)C2CCCC2)CC1. The van der Waals surface area contributed by atoms with Gasteiger partial charge in [-0.25, -0.2) is 0 Å². The summed E-state index contributed by atoms with van der Waals surface area (Å²) in [5.74, 6) is 1.54. The first-order chi connectivity index (χ1) is 9.93. The van der Waals surface area contributed by atoms with E-state index in [0.29, 0.717) is 23.3 Å². The third-order valence-corrected chi connectivity index (χ3v) is 6.03. The molecule has 122 valence electrons. The smallest absolute Gasteiger partial charge is 0.225 e. The van der Waals surface area contributed by atoms with Gasteiger partial charge < -0.3 is 4.90 Å². The summed E-state index contributed by atoms with van der Waals surface area (Å²) in [4.78, 5) is 15.1. The lowest BCUT2D eigenvalue weighted by Gasteiger charge is -2.39. The van der Waals surface area contributed by atoms with Crippen molar-refractivity contribution in [3.8, 4) is 0 Å². The number of halogens is 1. The quantitative estimate of drug-likeness (QED) is 0.647. The second kappa shape index (κ2) is 7.48. The van der Waals surface area contributed by atoms with Crippen LogP contribution in [0, 0.1) is 17.3 Å². The Morgan fingerprint density at radius 3 is 2.10 bits per heavy atom. The molecule has 2 nitrogen and oxygen atoms in total. The van der Waals surface area contributed by atoms with Crippen LogP contribution in [-0.2, 0) is 4.79 Å². The minimum absolute atomic E-state index is 0.295. The summed E-state index contributed by atoms with van der Waals surface area (Å²) in [5.41, 5.74) is 0.398. The minimum atomic E-state index is 0.295. The van der Waals surface area contributed by atoms with Gasteiger partial charge in [0.15, 0.2) is 0 Å². The molecule has 0 atom stereocenters. The Hall–Kier alpha value is -0.0500. The predicted molar refractivity (Wildman–Crippen MR) is 92.7 cm³/mol. The van der Waals surface area contributed by atoms with Gasteiger partial charge in [0.25, 0.3) is 0 Å². The second-order valence-electron chi connectivity index (χ2n) is 8.07. The average Bonchev–Trinajstić information content (AvgIpc) is 2.97. The van der Waals surface area contributed by atoms with Crippen molar-refractivity contribution in [2.24, 2.45) is 17.3 Å². The van der Waals surface area contributed by atoms with Gasteiger partial charge in [0.1, 0.15) is 0 Å². The highest BCUT2D eigenvalue weighted by Gasteiger charge is 2.36. The highest BCUT2D eigenvalue weighted by atomic mass is 79.9. The molecule has 0 radical (unpaired) electrons. The van der Waals surface area contributed by atoms with E-state index in [-0.39, 0.29) is 0 Å². The van der Waals surface area contributed by atoms with Crippen LogP contribution in [0.4, 0.5) is 0 Å². The average molecular weight is 358 g/mol. The highest BCUT2D eigenvalue weighted by Crippen LogP contribution is 2.40. The molecule has 0 aromatic carbocycles. The molecule has 3 heteroatoms. The zero-order valence-electron chi connectivity index (χ0n) is 14.0. The van der Waals surface area contributed by atoms with E-state index in [1.54, 1.807) is 0 Å². The number of alkyl halides is 1. The first-order valence-corrected chi connectivity index (χ1v) is 9.92. The van der Waals surface area contributed by atoms with Crippen molar-refractivity contribution >= 4 is 21.8 Å². The number of carbonyl (C=O) groups excluding carboxylic acids is 1. The minimum Gasteiger partial charge on any atom is -0.339 e. The Labute approximate surface area is 139 Å². The second-order valence-corrected chi connectivity index (χ2v) is 8.87. The molecular weight excluding hydrogens is 326 g/mol. The van der Waals surface area contributed by atoms with Gasteiger partial charge in [-0.2, -0.15) is 0 Å². The van der Waals surface area contributed by atoms with Gasteiger partial charge in [0, 0.05) is 23.8 Å². The van der Waals surface area contributed by atoms with Crippen LogP contribution in [0.1, 0.15) is 72.1 Å². The van der Waals surface area contributed by atoms with Crippen LogP contribution >= 0.6 is 15.9 Å². The first kappa shape index (κ1) is 17.3. The van der Waals surface area contributed by atoms with Crippen molar-refractivity contribution in [2.45, 2.75) is 78.2 Å². The molecular formula is C18H32BrNO. The molecule has 2 aliphatic rings. The zero-order chi connectivity index (χ0) is 15.5. The summed E-state index contributed by atoms with van der Waals surface area (Å²) in [6.45, 7) is 7.92. The maximum Gasteiger partial charge on any atom is 0.225 e. The van der Waals surface area contributed by atoms with E-state index in [2.05, 4.69) is 41.6 Å². The lowest BCUT2D eigenvalue weighted by Crippen LogP contribution is -2.44. The Morgan fingerprint density at radius 1 is 1.05 bits per heavy atom. The van der Waals surface area contributed by atoms with E-state index in [9.17, 15) is 4.79 Å². The van der Waals surface area contributed by atoms with E-state index in [0.717, 1.165) is 30.6 Å². The third-order valence-electron chi connectivity index (χ3n) is 5.68. The van der Waals surface area contributed by atoms with Gasteiger partial charge >= 0.3 is 0 Å². The standard InChI is InChI=1S/C18H32BrNO/c1-18(2,3)15-10-8-14(9-11-15)17(21)20(13-12-19)16-6-4-5-7-16/h14-16H,4-13H2,1-3H3. The Kier molecular flexibility index (Phi) is 6.16. The molecule has 21 heavy (non-hydrogen) atoms. The maximum absolute atomic E-state index is 12.9. The molecule has 0 saturated heterocycles.